The van der Waals surface area contributed by atoms with Crippen LogP contribution in [0.5, 0.6) is 0 Å². The number of nitrogens with one attached hydrogen (secondary N) is 2. The van der Waals surface area contributed by atoms with Gasteiger partial charge < -0.3 is 5.32 Å². The van der Waals surface area contributed by atoms with Gasteiger partial charge in [-0.15, -0.1) is 11.3 Å². The normalized spacial score (nSPS) is 11.5. The van der Waals surface area contributed by atoms with E-state index in [0.717, 1.165) is 5.01 Å². The van der Waals surface area contributed by atoms with Crippen molar-refractivity contribution in [3.63, 3.8) is 0 Å². The lowest BCUT2D eigenvalue weighted by Gasteiger charge is -2.11. The van der Waals surface area contributed by atoms with Gasteiger partial charge in [-0.2, -0.15) is 0 Å². The van der Waals surface area contributed by atoms with Crippen LogP contribution in [0.15, 0.2) is 35.4 Å². The van der Waals surface area contributed by atoms with Crippen LogP contribution in [0.25, 0.3) is 0 Å². The molecule has 1 heterocycles. The molecule has 1 aromatic carbocycles. The molecule has 20 heavy (non-hydrogen) atoms. The molecular formula is C12H14ClN3O2S2. The molecule has 0 bridgehead atoms. The maximum absolute atomic E-state index is 12.1. The van der Waals surface area contributed by atoms with E-state index in [-0.39, 0.29) is 4.90 Å². The van der Waals surface area contributed by atoms with Crippen LogP contribution in [0.4, 0.5) is 5.69 Å². The second kappa shape index (κ2) is 6.53. The molecule has 0 aliphatic heterocycles. The first-order valence-corrected chi connectivity index (χ1v) is 8.63. The smallest absolute Gasteiger partial charge is 0.242 e. The Morgan fingerprint density at radius 1 is 1.35 bits per heavy atom. The lowest BCUT2D eigenvalue weighted by molar-refractivity contribution is 0.584. The van der Waals surface area contributed by atoms with E-state index in [1.54, 1.807) is 37.4 Å². The molecule has 2 N–H and O–H groups in total. The average Bonchev–Trinajstić information content (AvgIpc) is 2.82. The van der Waals surface area contributed by atoms with Crippen molar-refractivity contribution in [1.29, 1.82) is 0 Å². The summed E-state index contributed by atoms with van der Waals surface area (Å²) in [7, 11) is -3.50. The van der Waals surface area contributed by atoms with E-state index >= 15 is 0 Å². The standard InChI is InChI=1S/C12H14ClN3O2S2/c1-2-16-20(17,18)10-6-4-3-5-9(10)14-8-12-15-7-11(13)19-12/h3-7,14,16H,2,8H2,1H3. The molecule has 5 nitrogen and oxygen atoms in total. The number of nitrogens with zero attached hydrogens (tertiary/aromatic N) is 1. The van der Waals surface area contributed by atoms with Crippen LogP contribution in [-0.4, -0.2) is 19.9 Å². The molecular weight excluding hydrogens is 318 g/mol. The Labute approximate surface area is 127 Å². The van der Waals surface area contributed by atoms with Gasteiger partial charge in [-0.05, 0) is 12.1 Å². The minimum Gasteiger partial charge on any atom is -0.377 e. The van der Waals surface area contributed by atoms with Gasteiger partial charge in [0.1, 0.15) is 14.2 Å². The zero-order chi connectivity index (χ0) is 14.6. The highest BCUT2D eigenvalue weighted by Gasteiger charge is 2.16. The summed E-state index contributed by atoms with van der Waals surface area (Å²) in [5.41, 5.74) is 0.541. The third kappa shape index (κ3) is 3.69. The van der Waals surface area contributed by atoms with Crippen LogP contribution in [0.2, 0.25) is 4.34 Å². The summed E-state index contributed by atoms with van der Waals surface area (Å²) in [6.07, 6.45) is 1.57. The van der Waals surface area contributed by atoms with Crippen LogP contribution in [0.3, 0.4) is 0 Å². The van der Waals surface area contributed by atoms with E-state index < -0.39 is 10.0 Å². The van der Waals surface area contributed by atoms with Crippen LogP contribution in [-0.2, 0) is 16.6 Å². The minimum atomic E-state index is -3.50. The number of hydrogen-bond donors (Lipinski definition) is 2. The molecule has 108 valence electrons. The second-order valence-corrected chi connectivity index (χ2v) is 7.39. The van der Waals surface area contributed by atoms with Crippen LogP contribution in [0.1, 0.15) is 11.9 Å². The van der Waals surface area contributed by atoms with Crippen LogP contribution < -0.4 is 10.0 Å². The SMILES string of the molecule is CCNS(=O)(=O)c1ccccc1NCc1ncc(Cl)s1. The molecule has 2 rings (SSSR count). The van der Waals surface area contributed by atoms with Crippen molar-refractivity contribution in [1.82, 2.24) is 9.71 Å². The molecule has 2 aromatic rings. The Bertz CT molecular complexity index is 686. The van der Waals surface area contributed by atoms with Crippen LogP contribution >= 0.6 is 22.9 Å². The fraction of sp³-hybridized carbons (Fsp3) is 0.250. The Kier molecular flexibility index (Phi) is 4.98. The van der Waals surface area contributed by atoms with Gasteiger partial charge in [0, 0.05) is 6.54 Å². The molecule has 0 saturated heterocycles. The van der Waals surface area contributed by atoms with E-state index in [9.17, 15) is 8.42 Å². The lowest BCUT2D eigenvalue weighted by Crippen LogP contribution is -2.24. The highest BCUT2D eigenvalue weighted by atomic mass is 35.5. The van der Waals surface area contributed by atoms with Crippen molar-refractivity contribution >= 4 is 38.6 Å². The molecule has 0 radical (unpaired) electrons. The van der Waals surface area contributed by atoms with Gasteiger partial charge in [0.25, 0.3) is 0 Å². The second-order valence-electron chi connectivity index (χ2n) is 3.91. The monoisotopic (exact) mass is 331 g/mol. The van der Waals surface area contributed by atoms with Gasteiger partial charge in [0.2, 0.25) is 10.0 Å². The molecule has 8 heteroatoms. The summed E-state index contributed by atoms with van der Waals surface area (Å²) in [5, 5.41) is 3.87. The zero-order valence-electron chi connectivity index (χ0n) is 10.8. The number of rotatable bonds is 6. The van der Waals surface area contributed by atoms with E-state index in [2.05, 4.69) is 15.0 Å². The Balaban J connectivity index is 2.20. The molecule has 0 amide bonds. The van der Waals surface area contributed by atoms with Crippen molar-refractivity contribution in [2.45, 2.75) is 18.4 Å². The van der Waals surface area contributed by atoms with Crippen molar-refractivity contribution in [2.24, 2.45) is 0 Å². The van der Waals surface area contributed by atoms with E-state index in [1.807, 2.05) is 0 Å². The van der Waals surface area contributed by atoms with Gasteiger partial charge in [-0.3, -0.25) is 0 Å². The number of sulfonamides is 1. The third-order valence-corrected chi connectivity index (χ3v) is 5.18. The summed E-state index contributed by atoms with van der Waals surface area (Å²) >= 11 is 7.17. The van der Waals surface area contributed by atoms with Crippen molar-refractivity contribution in [3.8, 4) is 0 Å². The minimum absolute atomic E-state index is 0.226. The molecule has 0 atom stereocenters. The number of benzene rings is 1. The molecule has 0 saturated carbocycles. The molecule has 0 aliphatic carbocycles. The Morgan fingerprint density at radius 2 is 2.10 bits per heavy atom. The van der Waals surface area contributed by atoms with Crippen molar-refractivity contribution in [2.75, 3.05) is 11.9 Å². The summed E-state index contributed by atoms with van der Waals surface area (Å²) in [5.74, 6) is 0. The molecule has 1 aromatic heterocycles. The number of halogens is 1. The quantitative estimate of drug-likeness (QED) is 0.853. The maximum atomic E-state index is 12.1. The number of thiazole rings is 1. The summed E-state index contributed by atoms with van der Waals surface area (Å²) in [6.45, 7) is 2.51. The zero-order valence-corrected chi connectivity index (χ0v) is 13.1. The first-order chi connectivity index (χ1) is 9.53. The molecule has 0 fully saturated rings. The fourth-order valence-electron chi connectivity index (χ4n) is 1.66. The van der Waals surface area contributed by atoms with Gasteiger partial charge >= 0.3 is 0 Å². The summed E-state index contributed by atoms with van der Waals surface area (Å²) < 4.78 is 27.3. The summed E-state index contributed by atoms with van der Waals surface area (Å²) in [6, 6.07) is 6.76. The first-order valence-electron chi connectivity index (χ1n) is 5.95. The van der Waals surface area contributed by atoms with Crippen molar-refractivity contribution in [3.05, 3.63) is 39.8 Å². The Morgan fingerprint density at radius 3 is 2.75 bits per heavy atom. The highest BCUT2D eigenvalue weighted by Crippen LogP contribution is 2.23. The maximum Gasteiger partial charge on any atom is 0.242 e. The average molecular weight is 332 g/mol. The van der Waals surface area contributed by atoms with Crippen molar-refractivity contribution < 1.29 is 8.42 Å². The van der Waals surface area contributed by atoms with E-state index in [4.69, 9.17) is 11.6 Å². The number of anilines is 1. The van der Waals surface area contributed by atoms with Crippen LogP contribution in [0, 0.1) is 0 Å². The van der Waals surface area contributed by atoms with Gasteiger partial charge in [-0.25, -0.2) is 18.1 Å². The Hall–Kier alpha value is -1.15. The molecule has 0 unspecified atom stereocenters. The van der Waals surface area contributed by atoms with Gasteiger partial charge in [0.15, 0.2) is 0 Å². The predicted molar refractivity (Wildman–Crippen MR) is 81.8 cm³/mol. The highest BCUT2D eigenvalue weighted by molar-refractivity contribution is 7.89. The number of para-hydroxylation sites is 1. The van der Waals surface area contributed by atoms with E-state index in [1.165, 1.54) is 11.3 Å². The first kappa shape index (κ1) is 15.2. The van der Waals surface area contributed by atoms with Gasteiger partial charge in [-0.1, -0.05) is 30.7 Å². The third-order valence-electron chi connectivity index (χ3n) is 2.47. The summed E-state index contributed by atoms with van der Waals surface area (Å²) in [4.78, 5) is 4.34. The topological polar surface area (TPSA) is 71.1 Å². The predicted octanol–water partition coefficient (Wildman–Crippen LogP) is 2.71. The number of aromatic nitrogens is 1. The van der Waals surface area contributed by atoms with E-state index in [0.29, 0.717) is 23.1 Å². The molecule has 0 aliphatic rings. The molecule has 0 spiro atoms. The number of hydrogen-bond acceptors (Lipinski definition) is 5. The largest absolute Gasteiger partial charge is 0.377 e. The fourth-order valence-corrected chi connectivity index (χ4v) is 3.77. The van der Waals surface area contributed by atoms with Gasteiger partial charge in [0.05, 0.1) is 18.4 Å². The lowest BCUT2D eigenvalue weighted by atomic mass is 10.3.